The molecule has 0 aromatic rings. The Labute approximate surface area is 90.7 Å². The van der Waals surface area contributed by atoms with Crippen molar-refractivity contribution in [1.82, 2.24) is 10.2 Å². The number of nitrogens with one attached hydrogen (secondary N) is 1. The van der Waals surface area contributed by atoms with Crippen LogP contribution in [0.5, 0.6) is 0 Å². The van der Waals surface area contributed by atoms with Gasteiger partial charge in [0.15, 0.2) is 0 Å². The predicted molar refractivity (Wildman–Crippen MR) is 55.6 cm³/mol. The highest BCUT2D eigenvalue weighted by Crippen LogP contribution is 2.14. The van der Waals surface area contributed by atoms with Gasteiger partial charge in [-0.2, -0.15) is 0 Å². The van der Waals surface area contributed by atoms with E-state index in [2.05, 4.69) is 5.32 Å². The van der Waals surface area contributed by atoms with E-state index in [1.807, 2.05) is 0 Å². The molecule has 0 saturated carbocycles. The number of hydrogen-bond acceptors (Lipinski definition) is 3. The van der Waals surface area contributed by atoms with Crippen molar-refractivity contribution in [3.05, 3.63) is 0 Å². The Bertz CT molecular complexity index is 308. The fraction of sp³-hybridized carbons (Fsp3) is 0.778. The van der Waals surface area contributed by atoms with Crippen LogP contribution in [0.1, 0.15) is 6.42 Å². The normalized spacial score (nSPS) is 27.9. The summed E-state index contributed by atoms with van der Waals surface area (Å²) in [4.78, 5) is 24.6. The Balaban J connectivity index is 1.90. The van der Waals surface area contributed by atoms with Crippen LogP contribution in [0.15, 0.2) is 0 Å². The van der Waals surface area contributed by atoms with Gasteiger partial charge in [-0.15, -0.1) is 0 Å². The van der Waals surface area contributed by atoms with Crippen molar-refractivity contribution in [2.24, 2.45) is 5.92 Å². The van der Waals surface area contributed by atoms with Gasteiger partial charge >= 0.3 is 0 Å². The van der Waals surface area contributed by atoms with Crippen LogP contribution in [0.2, 0.25) is 0 Å². The summed E-state index contributed by atoms with van der Waals surface area (Å²) in [6.45, 7) is 1.59. The van der Waals surface area contributed by atoms with E-state index in [0.29, 0.717) is 37.6 Å². The van der Waals surface area contributed by atoms with Crippen LogP contribution in [0.25, 0.3) is 0 Å². The fourth-order valence-corrected chi connectivity index (χ4v) is 2.95. The van der Waals surface area contributed by atoms with Crippen molar-refractivity contribution in [3.8, 4) is 0 Å². The van der Waals surface area contributed by atoms with E-state index in [-0.39, 0.29) is 17.7 Å². The molecule has 2 fully saturated rings. The average molecular weight is 230 g/mol. The summed E-state index contributed by atoms with van der Waals surface area (Å²) < 4.78 is 11.1. The highest BCUT2D eigenvalue weighted by Gasteiger charge is 2.32. The third-order valence-corrected chi connectivity index (χ3v) is 4.09. The average Bonchev–Trinajstić information content (AvgIpc) is 2.65. The van der Waals surface area contributed by atoms with Crippen molar-refractivity contribution >= 4 is 22.6 Å². The second-order valence-electron chi connectivity index (χ2n) is 3.88. The zero-order chi connectivity index (χ0) is 10.8. The molecule has 0 aromatic heterocycles. The van der Waals surface area contributed by atoms with Crippen LogP contribution in [0, 0.1) is 5.92 Å². The predicted octanol–water partition coefficient (Wildman–Crippen LogP) is -1.29. The molecule has 2 aliphatic heterocycles. The van der Waals surface area contributed by atoms with Crippen molar-refractivity contribution in [3.63, 3.8) is 0 Å². The van der Waals surface area contributed by atoms with E-state index < -0.39 is 10.8 Å². The first-order valence-electron chi connectivity index (χ1n) is 5.07. The zero-order valence-corrected chi connectivity index (χ0v) is 9.22. The molecule has 1 N–H and O–H groups in total. The molecule has 5 nitrogen and oxygen atoms in total. The Hall–Kier alpha value is -0.910. The van der Waals surface area contributed by atoms with E-state index in [0.717, 1.165) is 0 Å². The molecule has 84 valence electrons. The second-order valence-corrected chi connectivity index (χ2v) is 5.57. The molecule has 0 aliphatic carbocycles. The molecular weight excluding hydrogens is 216 g/mol. The maximum Gasteiger partial charge on any atom is 0.228 e. The monoisotopic (exact) mass is 230 g/mol. The molecule has 0 bridgehead atoms. The van der Waals surface area contributed by atoms with Crippen molar-refractivity contribution in [2.45, 2.75) is 6.42 Å². The molecule has 6 heteroatoms. The molecule has 2 rings (SSSR count). The number of rotatable bonds is 1. The molecule has 0 radical (unpaired) electrons. The van der Waals surface area contributed by atoms with Gasteiger partial charge in [0.2, 0.25) is 11.8 Å². The molecule has 1 atom stereocenters. The first-order chi connectivity index (χ1) is 7.16. The van der Waals surface area contributed by atoms with Gasteiger partial charge in [0.1, 0.15) is 0 Å². The first kappa shape index (κ1) is 10.6. The highest BCUT2D eigenvalue weighted by atomic mass is 32.2. The van der Waals surface area contributed by atoms with Crippen LogP contribution in [-0.2, 0) is 20.4 Å². The maximum atomic E-state index is 11.9. The third-order valence-electron chi connectivity index (χ3n) is 2.82. The molecule has 2 saturated heterocycles. The van der Waals surface area contributed by atoms with Gasteiger partial charge in [0.05, 0.1) is 5.92 Å². The van der Waals surface area contributed by atoms with E-state index >= 15 is 0 Å². The summed E-state index contributed by atoms with van der Waals surface area (Å²) in [6.07, 6.45) is 0.304. The summed E-state index contributed by atoms with van der Waals surface area (Å²) >= 11 is 0. The van der Waals surface area contributed by atoms with Gasteiger partial charge in [0.25, 0.3) is 0 Å². The number of hydrogen-bond donors (Lipinski definition) is 1. The van der Waals surface area contributed by atoms with Crippen LogP contribution >= 0.6 is 0 Å². The van der Waals surface area contributed by atoms with Gasteiger partial charge in [0, 0.05) is 48.4 Å². The van der Waals surface area contributed by atoms with Gasteiger partial charge in [-0.1, -0.05) is 0 Å². The summed E-state index contributed by atoms with van der Waals surface area (Å²) in [5, 5.41) is 2.65. The van der Waals surface area contributed by atoms with Gasteiger partial charge in [-0.25, -0.2) is 0 Å². The van der Waals surface area contributed by atoms with Crippen molar-refractivity contribution in [2.75, 3.05) is 31.1 Å². The molecule has 0 spiro atoms. The summed E-state index contributed by atoms with van der Waals surface area (Å²) in [7, 11) is -0.762. The molecule has 2 aliphatic rings. The van der Waals surface area contributed by atoms with Crippen LogP contribution in [0.4, 0.5) is 0 Å². The Morgan fingerprint density at radius 2 is 2.07 bits per heavy atom. The summed E-state index contributed by atoms with van der Waals surface area (Å²) in [5.74, 6) is 0.919. The third kappa shape index (κ3) is 2.37. The summed E-state index contributed by atoms with van der Waals surface area (Å²) in [5.41, 5.74) is 0. The Morgan fingerprint density at radius 3 is 2.60 bits per heavy atom. The van der Waals surface area contributed by atoms with Gasteiger partial charge < -0.3 is 10.2 Å². The quantitative estimate of drug-likeness (QED) is 0.610. The molecule has 2 amide bonds. The second kappa shape index (κ2) is 4.30. The van der Waals surface area contributed by atoms with Crippen LogP contribution < -0.4 is 5.32 Å². The maximum absolute atomic E-state index is 11.9. The lowest BCUT2D eigenvalue weighted by Gasteiger charge is -2.28. The Kier molecular flexibility index (Phi) is 3.04. The number of amides is 2. The Morgan fingerprint density at radius 1 is 1.40 bits per heavy atom. The molecule has 2 heterocycles. The van der Waals surface area contributed by atoms with Gasteiger partial charge in [-0.3, -0.25) is 13.8 Å². The minimum absolute atomic E-state index is 0.0325. The lowest BCUT2D eigenvalue weighted by Crippen LogP contribution is -2.45. The van der Waals surface area contributed by atoms with Gasteiger partial charge in [-0.05, 0) is 0 Å². The number of carbonyl (C=O) groups is 2. The highest BCUT2D eigenvalue weighted by molar-refractivity contribution is 7.85. The van der Waals surface area contributed by atoms with E-state index in [1.165, 1.54) is 0 Å². The molecule has 0 aromatic carbocycles. The standard InChI is InChI=1S/C9H14N2O3S/c12-8-5-7(6-10-8)9(13)11-1-3-15(14)4-2-11/h7H,1-6H2,(H,10,12). The SMILES string of the molecule is O=C1CC(C(=O)N2CCS(=O)CC2)CN1. The lowest BCUT2D eigenvalue weighted by molar-refractivity contribution is -0.135. The molecule has 15 heavy (non-hydrogen) atoms. The van der Waals surface area contributed by atoms with Crippen molar-refractivity contribution in [1.29, 1.82) is 0 Å². The van der Waals surface area contributed by atoms with E-state index in [4.69, 9.17) is 0 Å². The van der Waals surface area contributed by atoms with Crippen LogP contribution in [-0.4, -0.2) is 52.1 Å². The van der Waals surface area contributed by atoms with Crippen LogP contribution in [0.3, 0.4) is 0 Å². The first-order valence-corrected chi connectivity index (χ1v) is 6.56. The smallest absolute Gasteiger partial charge is 0.228 e. The summed E-state index contributed by atoms with van der Waals surface area (Å²) in [6, 6.07) is 0. The van der Waals surface area contributed by atoms with E-state index in [9.17, 15) is 13.8 Å². The number of nitrogens with zero attached hydrogens (tertiary/aromatic N) is 1. The van der Waals surface area contributed by atoms with Crippen molar-refractivity contribution < 1.29 is 13.8 Å². The minimum Gasteiger partial charge on any atom is -0.355 e. The minimum atomic E-state index is -0.762. The lowest BCUT2D eigenvalue weighted by atomic mass is 10.1. The topological polar surface area (TPSA) is 66.5 Å². The number of carbonyl (C=O) groups excluding carboxylic acids is 2. The largest absolute Gasteiger partial charge is 0.355 e. The van der Waals surface area contributed by atoms with E-state index in [1.54, 1.807) is 4.90 Å². The molecular formula is C9H14N2O3S. The fourth-order valence-electron chi connectivity index (χ4n) is 1.90. The molecule has 1 unspecified atom stereocenters. The zero-order valence-electron chi connectivity index (χ0n) is 8.40.